The van der Waals surface area contributed by atoms with Crippen LogP contribution in [-0.2, 0) is 6.54 Å². The second-order valence-electron chi connectivity index (χ2n) is 4.23. The van der Waals surface area contributed by atoms with Crippen molar-refractivity contribution in [3.63, 3.8) is 0 Å². The molecular formula is C13H21NOS. The van der Waals surface area contributed by atoms with Crippen LogP contribution >= 0.6 is 12.6 Å². The van der Waals surface area contributed by atoms with Gasteiger partial charge in [0.2, 0.25) is 0 Å². The van der Waals surface area contributed by atoms with Crippen LogP contribution in [0.3, 0.4) is 0 Å². The van der Waals surface area contributed by atoms with Crippen molar-refractivity contribution in [3.05, 3.63) is 35.9 Å². The first-order chi connectivity index (χ1) is 7.76. The fraction of sp³-hybridized carbons (Fsp3) is 0.538. The zero-order valence-electron chi connectivity index (χ0n) is 9.84. The molecule has 0 heterocycles. The number of thiol groups is 1. The highest BCUT2D eigenvalue weighted by molar-refractivity contribution is 7.80. The fourth-order valence-electron chi connectivity index (χ4n) is 1.72. The van der Waals surface area contributed by atoms with Crippen LogP contribution in [0.2, 0.25) is 0 Å². The third-order valence-corrected chi connectivity index (χ3v) is 3.17. The van der Waals surface area contributed by atoms with Crippen LogP contribution in [-0.4, -0.2) is 35.5 Å². The highest BCUT2D eigenvalue weighted by atomic mass is 32.1. The van der Waals surface area contributed by atoms with Crippen LogP contribution in [0, 0.1) is 5.92 Å². The average molecular weight is 239 g/mol. The third kappa shape index (κ3) is 5.01. The molecule has 0 aliphatic rings. The Morgan fingerprint density at radius 2 is 2.00 bits per heavy atom. The van der Waals surface area contributed by atoms with Gasteiger partial charge in [-0.2, -0.15) is 12.6 Å². The maximum atomic E-state index is 9.04. The second kappa shape index (κ2) is 7.71. The molecular weight excluding hydrogens is 218 g/mol. The number of rotatable bonds is 7. The Kier molecular flexibility index (Phi) is 6.53. The Morgan fingerprint density at radius 1 is 1.31 bits per heavy atom. The molecule has 0 radical (unpaired) electrons. The zero-order valence-corrected chi connectivity index (χ0v) is 10.7. The third-order valence-electron chi connectivity index (χ3n) is 2.55. The predicted octanol–water partition coefficient (Wildman–Crippen LogP) is 2.05. The summed E-state index contributed by atoms with van der Waals surface area (Å²) in [5.41, 5.74) is 1.29. The van der Waals surface area contributed by atoms with Crippen molar-refractivity contribution in [2.24, 2.45) is 5.92 Å². The lowest BCUT2D eigenvalue weighted by molar-refractivity contribution is 0.176. The molecule has 0 bridgehead atoms. The molecule has 1 aromatic rings. The first-order valence-electron chi connectivity index (χ1n) is 5.74. The lowest BCUT2D eigenvalue weighted by atomic mass is 10.1. The zero-order chi connectivity index (χ0) is 11.8. The summed E-state index contributed by atoms with van der Waals surface area (Å²) in [7, 11) is 0. The molecule has 0 saturated carbocycles. The number of aliphatic hydroxyl groups excluding tert-OH is 1. The van der Waals surface area contributed by atoms with Crippen molar-refractivity contribution < 1.29 is 5.11 Å². The molecule has 0 aromatic heterocycles. The monoisotopic (exact) mass is 239 g/mol. The van der Waals surface area contributed by atoms with Gasteiger partial charge in [0.05, 0.1) is 6.61 Å². The lowest BCUT2D eigenvalue weighted by Crippen LogP contribution is -2.31. The van der Waals surface area contributed by atoms with E-state index in [2.05, 4.69) is 48.7 Å². The number of aliphatic hydroxyl groups is 1. The van der Waals surface area contributed by atoms with E-state index in [1.807, 2.05) is 6.07 Å². The molecule has 0 fully saturated rings. The lowest BCUT2D eigenvalue weighted by Gasteiger charge is -2.24. The largest absolute Gasteiger partial charge is 0.395 e. The first kappa shape index (κ1) is 13.6. The number of benzene rings is 1. The average Bonchev–Trinajstić information content (AvgIpc) is 2.30. The van der Waals surface area contributed by atoms with Crippen LogP contribution in [0.4, 0.5) is 0 Å². The predicted molar refractivity (Wildman–Crippen MR) is 71.8 cm³/mol. The molecule has 0 aliphatic heterocycles. The summed E-state index contributed by atoms with van der Waals surface area (Å²) in [5, 5.41) is 9.04. The fourth-order valence-corrected chi connectivity index (χ4v) is 1.83. The normalized spacial score (nSPS) is 13.0. The molecule has 0 spiro atoms. The van der Waals surface area contributed by atoms with E-state index in [0.29, 0.717) is 5.92 Å². The van der Waals surface area contributed by atoms with Gasteiger partial charge < -0.3 is 5.11 Å². The van der Waals surface area contributed by atoms with E-state index in [1.165, 1.54) is 5.56 Å². The van der Waals surface area contributed by atoms with Crippen molar-refractivity contribution in [1.29, 1.82) is 0 Å². The van der Waals surface area contributed by atoms with E-state index in [-0.39, 0.29) is 6.61 Å². The molecule has 2 nitrogen and oxygen atoms in total. The van der Waals surface area contributed by atoms with Crippen molar-refractivity contribution in [2.75, 3.05) is 25.4 Å². The van der Waals surface area contributed by atoms with Crippen molar-refractivity contribution in [1.82, 2.24) is 4.90 Å². The second-order valence-corrected chi connectivity index (χ2v) is 4.60. The van der Waals surface area contributed by atoms with Gasteiger partial charge in [-0.25, -0.2) is 0 Å². The van der Waals surface area contributed by atoms with Crippen molar-refractivity contribution in [3.8, 4) is 0 Å². The Labute approximate surface area is 104 Å². The van der Waals surface area contributed by atoms with Gasteiger partial charge >= 0.3 is 0 Å². The van der Waals surface area contributed by atoms with Crippen LogP contribution in [0.25, 0.3) is 0 Å². The van der Waals surface area contributed by atoms with Crippen LogP contribution in [0.5, 0.6) is 0 Å². The van der Waals surface area contributed by atoms with Gasteiger partial charge in [-0.1, -0.05) is 37.3 Å². The van der Waals surface area contributed by atoms with Crippen LogP contribution < -0.4 is 0 Å². The molecule has 0 amide bonds. The van der Waals surface area contributed by atoms with E-state index in [1.54, 1.807) is 0 Å². The van der Waals surface area contributed by atoms with Crippen LogP contribution in [0.1, 0.15) is 12.5 Å². The van der Waals surface area contributed by atoms with E-state index < -0.39 is 0 Å². The van der Waals surface area contributed by atoms with Gasteiger partial charge in [-0.3, -0.25) is 4.90 Å². The topological polar surface area (TPSA) is 23.5 Å². The first-order valence-corrected chi connectivity index (χ1v) is 6.37. The molecule has 1 N–H and O–H groups in total. The van der Waals surface area contributed by atoms with Gasteiger partial charge in [-0.15, -0.1) is 0 Å². The van der Waals surface area contributed by atoms with Gasteiger partial charge in [0.1, 0.15) is 0 Å². The Hall–Kier alpha value is -0.510. The minimum atomic E-state index is 0.214. The van der Waals surface area contributed by atoms with Gasteiger partial charge in [-0.05, 0) is 17.2 Å². The highest BCUT2D eigenvalue weighted by Gasteiger charge is 2.09. The van der Waals surface area contributed by atoms with E-state index in [9.17, 15) is 0 Å². The molecule has 1 atom stereocenters. The molecule has 90 valence electrons. The number of hydrogen-bond donors (Lipinski definition) is 2. The number of hydrogen-bond acceptors (Lipinski definition) is 3. The Balaban J connectivity index is 2.50. The molecule has 1 unspecified atom stereocenters. The molecule has 0 saturated heterocycles. The van der Waals surface area contributed by atoms with Crippen molar-refractivity contribution >= 4 is 12.6 Å². The summed E-state index contributed by atoms with van der Waals surface area (Å²) >= 11 is 4.30. The molecule has 0 aliphatic carbocycles. The summed E-state index contributed by atoms with van der Waals surface area (Å²) in [6.07, 6.45) is 0. The Morgan fingerprint density at radius 3 is 2.56 bits per heavy atom. The van der Waals surface area contributed by atoms with Gasteiger partial charge in [0.25, 0.3) is 0 Å². The summed E-state index contributed by atoms with van der Waals surface area (Å²) in [5.74, 6) is 1.44. The summed E-state index contributed by atoms with van der Waals surface area (Å²) < 4.78 is 0. The highest BCUT2D eigenvalue weighted by Crippen LogP contribution is 2.08. The van der Waals surface area contributed by atoms with Crippen LogP contribution in [0.15, 0.2) is 30.3 Å². The van der Waals surface area contributed by atoms with E-state index in [0.717, 1.165) is 25.4 Å². The van der Waals surface area contributed by atoms with E-state index >= 15 is 0 Å². The molecule has 16 heavy (non-hydrogen) atoms. The summed E-state index contributed by atoms with van der Waals surface area (Å²) in [6, 6.07) is 10.4. The minimum absolute atomic E-state index is 0.214. The number of nitrogens with zero attached hydrogens (tertiary/aromatic N) is 1. The molecule has 1 aromatic carbocycles. The maximum Gasteiger partial charge on any atom is 0.0558 e. The summed E-state index contributed by atoms with van der Waals surface area (Å²) in [4.78, 5) is 2.27. The van der Waals surface area contributed by atoms with Gasteiger partial charge in [0, 0.05) is 19.6 Å². The Bertz CT molecular complexity index is 279. The van der Waals surface area contributed by atoms with E-state index in [4.69, 9.17) is 5.11 Å². The molecule has 1 rings (SSSR count). The smallest absolute Gasteiger partial charge is 0.0558 e. The summed E-state index contributed by atoms with van der Waals surface area (Å²) in [6.45, 7) is 5.01. The standard InChI is InChI=1S/C13H21NOS/c1-12(11-16)9-14(7-8-15)10-13-5-3-2-4-6-13/h2-6,12,15-16H,7-11H2,1H3. The minimum Gasteiger partial charge on any atom is -0.395 e. The maximum absolute atomic E-state index is 9.04. The van der Waals surface area contributed by atoms with Crippen molar-refractivity contribution in [2.45, 2.75) is 13.5 Å². The quantitative estimate of drug-likeness (QED) is 0.711. The van der Waals surface area contributed by atoms with Gasteiger partial charge in [0.15, 0.2) is 0 Å². The molecule has 3 heteroatoms. The SMILES string of the molecule is CC(CS)CN(CCO)Cc1ccccc1.